The van der Waals surface area contributed by atoms with Crippen molar-refractivity contribution in [3.05, 3.63) is 47.5 Å². The fraction of sp³-hybridized carbons (Fsp3) is 0.300. The SMILES string of the molecule is CCOc1ccc(C(=O)OCC(=O)NCc2ccc3c(c2)OCO3)cc1OC. The van der Waals surface area contributed by atoms with Crippen molar-refractivity contribution in [2.75, 3.05) is 27.1 Å². The molecule has 0 spiro atoms. The van der Waals surface area contributed by atoms with Crippen LogP contribution in [0.5, 0.6) is 23.0 Å². The minimum Gasteiger partial charge on any atom is -0.493 e. The number of nitrogens with one attached hydrogen (secondary N) is 1. The summed E-state index contributed by atoms with van der Waals surface area (Å²) in [5.74, 6) is 1.23. The molecule has 0 fully saturated rings. The highest BCUT2D eigenvalue weighted by Gasteiger charge is 2.15. The van der Waals surface area contributed by atoms with Gasteiger partial charge in [0, 0.05) is 6.54 Å². The molecule has 0 aromatic heterocycles. The summed E-state index contributed by atoms with van der Waals surface area (Å²) in [5.41, 5.74) is 1.11. The molecule has 8 heteroatoms. The number of fused-ring (bicyclic) bond motifs is 1. The van der Waals surface area contributed by atoms with Crippen LogP contribution in [0.3, 0.4) is 0 Å². The lowest BCUT2D eigenvalue weighted by Crippen LogP contribution is -2.28. The lowest BCUT2D eigenvalue weighted by molar-refractivity contribution is -0.124. The summed E-state index contributed by atoms with van der Waals surface area (Å²) in [6.45, 7) is 2.41. The van der Waals surface area contributed by atoms with Crippen LogP contribution >= 0.6 is 0 Å². The van der Waals surface area contributed by atoms with Gasteiger partial charge in [0.05, 0.1) is 19.3 Å². The normalized spacial score (nSPS) is 11.6. The standard InChI is InChI=1S/C20H21NO7/c1-3-25-15-7-5-14(9-17(15)24-2)20(23)26-11-19(22)21-10-13-4-6-16-18(8-13)28-12-27-16/h4-9H,3,10-12H2,1-2H3,(H,21,22). The first-order valence-electron chi connectivity index (χ1n) is 8.74. The van der Waals surface area contributed by atoms with Gasteiger partial charge in [-0.25, -0.2) is 4.79 Å². The van der Waals surface area contributed by atoms with Gasteiger partial charge < -0.3 is 29.0 Å². The maximum Gasteiger partial charge on any atom is 0.338 e. The number of carbonyl (C=O) groups is 2. The van der Waals surface area contributed by atoms with E-state index >= 15 is 0 Å². The van der Waals surface area contributed by atoms with Crippen LogP contribution in [0.15, 0.2) is 36.4 Å². The van der Waals surface area contributed by atoms with E-state index < -0.39 is 11.9 Å². The van der Waals surface area contributed by atoms with Gasteiger partial charge in [-0.2, -0.15) is 0 Å². The second-order valence-electron chi connectivity index (χ2n) is 5.84. The largest absolute Gasteiger partial charge is 0.493 e. The fourth-order valence-corrected chi connectivity index (χ4v) is 2.59. The van der Waals surface area contributed by atoms with E-state index in [0.717, 1.165) is 5.56 Å². The predicted octanol–water partition coefficient (Wildman–Crippen LogP) is 2.30. The van der Waals surface area contributed by atoms with Gasteiger partial charge in [0.2, 0.25) is 6.79 Å². The third-order valence-corrected chi connectivity index (χ3v) is 3.96. The number of hydrogen-bond acceptors (Lipinski definition) is 7. The summed E-state index contributed by atoms with van der Waals surface area (Å²) in [6, 6.07) is 10.1. The minimum absolute atomic E-state index is 0.192. The summed E-state index contributed by atoms with van der Waals surface area (Å²) >= 11 is 0. The van der Waals surface area contributed by atoms with Crippen molar-refractivity contribution in [2.24, 2.45) is 0 Å². The molecule has 3 rings (SSSR count). The molecule has 0 saturated heterocycles. The van der Waals surface area contributed by atoms with Crippen molar-refractivity contribution in [1.29, 1.82) is 0 Å². The Hall–Kier alpha value is -3.42. The molecule has 1 aliphatic heterocycles. The zero-order valence-corrected chi connectivity index (χ0v) is 15.7. The first-order chi connectivity index (χ1) is 13.6. The Kier molecular flexibility index (Phi) is 6.21. The van der Waals surface area contributed by atoms with Gasteiger partial charge in [-0.15, -0.1) is 0 Å². The first kappa shape index (κ1) is 19.3. The number of amides is 1. The minimum atomic E-state index is -0.625. The molecule has 0 radical (unpaired) electrons. The van der Waals surface area contributed by atoms with Crippen molar-refractivity contribution in [1.82, 2.24) is 5.32 Å². The Bertz CT molecular complexity index is 866. The van der Waals surface area contributed by atoms with E-state index in [1.807, 2.05) is 13.0 Å². The monoisotopic (exact) mass is 387 g/mol. The molecule has 28 heavy (non-hydrogen) atoms. The van der Waals surface area contributed by atoms with Crippen LogP contribution in [0.25, 0.3) is 0 Å². The topological polar surface area (TPSA) is 92.3 Å². The van der Waals surface area contributed by atoms with E-state index in [2.05, 4.69) is 5.32 Å². The number of methoxy groups -OCH3 is 1. The number of ether oxygens (including phenoxy) is 5. The molecule has 8 nitrogen and oxygen atoms in total. The van der Waals surface area contributed by atoms with E-state index in [9.17, 15) is 9.59 Å². The lowest BCUT2D eigenvalue weighted by atomic mass is 10.2. The van der Waals surface area contributed by atoms with Gasteiger partial charge in [0.1, 0.15) is 0 Å². The second-order valence-corrected chi connectivity index (χ2v) is 5.84. The average molecular weight is 387 g/mol. The fourth-order valence-electron chi connectivity index (χ4n) is 2.59. The van der Waals surface area contributed by atoms with Crippen LogP contribution in [0.1, 0.15) is 22.8 Å². The van der Waals surface area contributed by atoms with Crippen LogP contribution in [0.4, 0.5) is 0 Å². The van der Waals surface area contributed by atoms with Gasteiger partial charge in [-0.05, 0) is 42.8 Å². The maximum absolute atomic E-state index is 12.2. The molecule has 2 aromatic rings. The van der Waals surface area contributed by atoms with Crippen molar-refractivity contribution in [2.45, 2.75) is 13.5 Å². The predicted molar refractivity (Wildman–Crippen MR) is 98.9 cm³/mol. The van der Waals surface area contributed by atoms with E-state index in [0.29, 0.717) is 29.6 Å². The third kappa shape index (κ3) is 4.64. The van der Waals surface area contributed by atoms with E-state index in [1.165, 1.54) is 13.2 Å². The van der Waals surface area contributed by atoms with Crippen molar-refractivity contribution in [3.8, 4) is 23.0 Å². The molecule has 0 atom stereocenters. The summed E-state index contributed by atoms with van der Waals surface area (Å²) in [5, 5.41) is 2.69. The number of benzene rings is 2. The summed E-state index contributed by atoms with van der Waals surface area (Å²) in [6.07, 6.45) is 0. The summed E-state index contributed by atoms with van der Waals surface area (Å²) < 4.78 is 26.2. The lowest BCUT2D eigenvalue weighted by Gasteiger charge is -2.11. The molecular weight excluding hydrogens is 366 g/mol. The Morgan fingerprint density at radius 2 is 1.89 bits per heavy atom. The molecule has 1 aliphatic rings. The van der Waals surface area contributed by atoms with Gasteiger partial charge in [-0.1, -0.05) is 6.07 Å². The first-order valence-corrected chi connectivity index (χ1v) is 8.74. The van der Waals surface area contributed by atoms with Crippen LogP contribution in [0.2, 0.25) is 0 Å². The Morgan fingerprint density at radius 3 is 2.68 bits per heavy atom. The molecule has 2 aromatic carbocycles. The van der Waals surface area contributed by atoms with Crippen LogP contribution < -0.4 is 24.3 Å². The van der Waals surface area contributed by atoms with Crippen molar-refractivity contribution < 1.29 is 33.3 Å². The van der Waals surface area contributed by atoms with E-state index in [-0.39, 0.29) is 25.5 Å². The van der Waals surface area contributed by atoms with Gasteiger partial charge in [-0.3, -0.25) is 4.79 Å². The Morgan fingerprint density at radius 1 is 1.07 bits per heavy atom. The van der Waals surface area contributed by atoms with Gasteiger partial charge >= 0.3 is 5.97 Å². The quantitative estimate of drug-likeness (QED) is 0.695. The number of carbonyl (C=O) groups excluding carboxylic acids is 2. The highest BCUT2D eigenvalue weighted by Crippen LogP contribution is 2.32. The molecule has 1 heterocycles. The van der Waals surface area contributed by atoms with Crippen molar-refractivity contribution in [3.63, 3.8) is 0 Å². The molecule has 0 saturated carbocycles. The molecule has 148 valence electrons. The molecule has 0 bridgehead atoms. The van der Waals surface area contributed by atoms with E-state index in [4.69, 9.17) is 23.7 Å². The highest BCUT2D eigenvalue weighted by molar-refractivity contribution is 5.92. The number of hydrogen-bond donors (Lipinski definition) is 1. The zero-order chi connectivity index (χ0) is 19.9. The maximum atomic E-state index is 12.2. The molecular formula is C20H21NO7. The molecule has 0 aliphatic carbocycles. The summed E-state index contributed by atoms with van der Waals surface area (Å²) in [7, 11) is 1.48. The van der Waals surface area contributed by atoms with Crippen molar-refractivity contribution >= 4 is 11.9 Å². The van der Waals surface area contributed by atoms with Crippen LogP contribution in [-0.4, -0.2) is 39.0 Å². The van der Waals surface area contributed by atoms with Gasteiger partial charge in [0.25, 0.3) is 5.91 Å². The Labute approximate surface area is 162 Å². The molecule has 1 amide bonds. The third-order valence-electron chi connectivity index (χ3n) is 3.96. The smallest absolute Gasteiger partial charge is 0.338 e. The summed E-state index contributed by atoms with van der Waals surface area (Å²) in [4.78, 5) is 24.1. The van der Waals surface area contributed by atoms with Crippen LogP contribution in [0, 0.1) is 0 Å². The molecule has 0 unspecified atom stereocenters. The zero-order valence-electron chi connectivity index (χ0n) is 15.7. The molecule has 1 N–H and O–H groups in total. The number of rotatable bonds is 8. The van der Waals surface area contributed by atoms with Gasteiger partial charge in [0.15, 0.2) is 29.6 Å². The highest BCUT2D eigenvalue weighted by atomic mass is 16.7. The van der Waals surface area contributed by atoms with E-state index in [1.54, 1.807) is 24.3 Å². The average Bonchev–Trinajstić information content (AvgIpc) is 3.18. The second kappa shape index (κ2) is 8.98. The Balaban J connectivity index is 1.49. The number of esters is 1. The van der Waals surface area contributed by atoms with Crippen LogP contribution in [-0.2, 0) is 16.1 Å².